The number of nitrogens with one attached hydrogen (secondary N) is 2. The van der Waals surface area contributed by atoms with Gasteiger partial charge in [0.25, 0.3) is 5.56 Å². The average Bonchev–Trinajstić information content (AvgIpc) is 2.61. The molecular formula is C20H17ClN2O3. The Hall–Kier alpha value is -2.92. The first-order valence-corrected chi connectivity index (χ1v) is 8.53. The molecule has 2 aromatic carbocycles. The van der Waals surface area contributed by atoms with Crippen molar-refractivity contribution in [3.63, 3.8) is 0 Å². The van der Waals surface area contributed by atoms with Crippen LogP contribution in [0.5, 0.6) is 0 Å². The van der Waals surface area contributed by atoms with Gasteiger partial charge in [-0.2, -0.15) is 0 Å². The number of amides is 1. The van der Waals surface area contributed by atoms with Crippen LogP contribution in [0.3, 0.4) is 0 Å². The largest absolute Gasteiger partial charge is 0.326 e. The summed E-state index contributed by atoms with van der Waals surface area (Å²) in [7, 11) is 0. The van der Waals surface area contributed by atoms with E-state index in [1.54, 1.807) is 49.4 Å². The SMILES string of the molecule is Cc1cc2ccc(NC(=O)CCC(=O)c3ccccc3Cl)cc2[nH]c1=O. The normalized spacial score (nSPS) is 10.7. The number of hydrogen-bond acceptors (Lipinski definition) is 3. The molecule has 0 aliphatic rings. The molecule has 1 aromatic heterocycles. The van der Waals surface area contributed by atoms with E-state index in [0.717, 1.165) is 5.39 Å². The molecule has 0 spiro atoms. The van der Waals surface area contributed by atoms with Gasteiger partial charge in [-0.25, -0.2) is 0 Å². The molecule has 0 radical (unpaired) electrons. The molecule has 2 N–H and O–H groups in total. The Kier molecular flexibility index (Phi) is 5.19. The lowest BCUT2D eigenvalue weighted by Crippen LogP contribution is -2.14. The fourth-order valence-electron chi connectivity index (χ4n) is 2.66. The minimum absolute atomic E-state index is 0.0481. The maximum absolute atomic E-state index is 12.2. The highest BCUT2D eigenvalue weighted by Crippen LogP contribution is 2.19. The van der Waals surface area contributed by atoms with E-state index in [1.807, 2.05) is 6.07 Å². The molecule has 0 aliphatic carbocycles. The maximum Gasteiger partial charge on any atom is 0.251 e. The van der Waals surface area contributed by atoms with E-state index in [2.05, 4.69) is 10.3 Å². The number of carbonyl (C=O) groups is 2. The third-order valence-corrected chi connectivity index (χ3v) is 4.40. The van der Waals surface area contributed by atoms with Crippen LogP contribution in [0.1, 0.15) is 28.8 Å². The van der Waals surface area contributed by atoms with E-state index in [9.17, 15) is 14.4 Å². The Balaban J connectivity index is 1.65. The molecule has 0 bridgehead atoms. The third-order valence-electron chi connectivity index (χ3n) is 4.07. The predicted octanol–water partition coefficient (Wildman–Crippen LogP) is 4.09. The minimum atomic E-state index is -0.279. The molecular weight excluding hydrogens is 352 g/mol. The van der Waals surface area contributed by atoms with Crippen LogP contribution < -0.4 is 10.9 Å². The number of rotatable bonds is 5. The van der Waals surface area contributed by atoms with Gasteiger partial charge in [-0.1, -0.05) is 29.8 Å². The lowest BCUT2D eigenvalue weighted by atomic mass is 10.1. The first-order chi connectivity index (χ1) is 12.4. The summed E-state index contributed by atoms with van der Waals surface area (Å²) in [6.45, 7) is 1.74. The molecule has 1 amide bonds. The average molecular weight is 369 g/mol. The molecule has 1 heterocycles. The number of Topliss-reactive ketones (excluding diaryl/α,β-unsaturated/α-hetero) is 1. The number of ketones is 1. The first kappa shape index (κ1) is 17.9. The molecule has 26 heavy (non-hydrogen) atoms. The number of halogens is 1. The second kappa shape index (κ2) is 7.54. The zero-order chi connectivity index (χ0) is 18.7. The quantitative estimate of drug-likeness (QED) is 0.665. The lowest BCUT2D eigenvalue weighted by molar-refractivity contribution is -0.116. The number of aromatic nitrogens is 1. The summed E-state index contributed by atoms with van der Waals surface area (Å²) in [5.41, 5.74) is 2.09. The zero-order valence-corrected chi connectivity index (χ0v) is 14.9. The number of benzene rings is 2. The van der Waals surface area contributed by atoms with Gasteiger partial charge in [-0.3, -0.25) is 14.4 Å². The smallest absolute Gasteiger partial charge is 0.251 e. The van der Waals surface area contributed by atoms with Crippen LogP contribution >= 0.6 is 11.6 Å². The highest BCUT2D eigenvalue weighted by Gasteiger charge is 2.12. The number of pyridine rings is 1. The standard InChI is InChI=1S/C20H17ClN2O3/c1-12-10-13-6-7-14(11-17(13)23-20(12)26)22-19(25)9-8-18(24)15-4-2-3-5-16(15)21/h2-7,10-11H,8-9H2,1H3,(H,22,25)(H,23,26). The Bertz CT molecular complexity index is 1060. The molecule has 0 saturated heterocycles. The fraction of sp³-hybridized carbons (Fsp3) is 0.150. The van der Waals surface area contributed by atoms with Crippen molar-refractivity contribution in [2.45, 2.75) is 19.8 Å². The second-order valence-corrected chi connectivity index (χ2v) is 6.44. The van der Waals surface area contributed by atoms with Crippen molar-refractivity contribution in [1.29, 1.82) is 0 Å². The molecule has 0 aliphatic heterocycles. The van der Waals surface area contributed by atoms with Gasteiger partial charge in [0, 0.05) is 29.7 Å². The summed E-state index contributed by atoms with van der Waals surface area (Å²) < 4.78 is 0. The Labute approximate surface area is 155 Å². The first-order valence-electron chi connectivity index (χ1n) is 8.15. The Morgan fingerprint density at radius 1 is 1.08 bits per heavy atom. The molecule has 3 rings (SSSR count). The van der Waals surface area contributed by atoms with E-state index < -0.39 is 0 Å². The summed E-state index contributed by atoms with van der Waals surface area (Å²) in [4.78, 5) is 38.8. The van der Waals surface area contributed by atoms with Gasteiger partial charge in [0.1, 0.15) is 0 Å². The summed E-state index contributed by atoms with van der Waals surface area (Å²) in [6, 6.07) is 13.8. The minimum Gasteiger partial charge on any atom is -0.326 e. The van der Waals surface area contributed by atoms with Crippen LogP contribution in [-0.4, -0.2) is 16.7 Å². The number of anilines is 1. The van der Waals surface area contributed by atoms with Crippen LogP contribution in [0.2, 0.25) is 5.02 Å². The summed E-state index contributed by atoms with van der Waals surface area (Å²) in [5, 5.41) is 4.01. The van der Waals surface area contributed by atoms with Crippen LogP contribution in [0.15, 0.2) is 53.3 Å². The highest BCUT2D eigenvalue weighted by atomic mass is 35.5. The van der Waals surface area contributed by atoms with Crippen LogP contribution in [0.4, 0.5) is 5.69 Å². The Morgan fingerprint density at radius 3 is 2.62 bits per heavy atom. The number of aryl methyl sites for hydroxylation is 1. The van der Waals surface area contributed by atoms with Crippen molar-refractivity contribution in [1.82, 2.24) is 4.98 Å². The number of hydrogen-bond donors (Lipinski definition) is 2. The molecule has 6 heteroatoms. The van der Waals surface area contributed by atoms with Crippen molar-refractivity contribution < 1.29 is 9.59 Å². The van der Waals surface area contributed by atoms with E-state index in [4.69, 9.17) is 11.6 Å². The van der Waals surface area contributed by atoms with Gasteiger partial charge < -0.3 is 10.3 Å². The van der Waals surface area contributed by atoms with Crippen molar-refractivity contribution >= 4 is 39.9 Å². The highest BCUT2D eigenvalue weighted by molar-refractivity contribution is 6.34. The van der Waals surface area contributed by atoms with Gasteiger partial charge in [0.05, 0.1) is 10.5 Å². The number of aromatic amines is 1. The van der Waals surface area contributed by atoms with Crippen molar-refractivity contribution in [2.24, 2.45) is 0 Å². The number of fused-ring (bicyclic) bond motifs is 1. The monoisotopic (exact) mass is 368 g/mol. The van der Waals surface area contributed by atoms with Gasteiger partial charge in [-0.15, -0.1) is 0 Å². The molecule has 0 unspecified atom stereocenters. The van der Waals surface area contributed by atoms with Crippen molar-refractivity contribution in [2.75, 3.05) is 5.32 Å². The van der Waals surface area contributed by atoms with E-state index in [-0.39, 0.29) is 30.1 Å². The van der Waals surface area contributed by atoms with Gasteiger partial charge in [0.15, 0.2) is 5.78 Å². The predicted molar refractivity (Wildman–Crippen MR) is 103 cm³/mol. The number of carbonyl (C=O) groups excluding carboxylic acids is 2. The van der Waals surface area contributed by atoms with Crippen LogP contribution in [0, 0.1) is 6.92 Å². The molecule has 3 aromatic rings. The summed E-state index contributed by atoms with van der Waals surface area (Å²) in [6.07, 6.45) is 0.117. The van der Waals surface area contributed by atoms with E-state index >= 15 is 0 Å². The van der Waals surface area contributed by atoms with Gasteiger partial charge in [-0.05, 0) is 42.6 Å². The lowest BCUT2D eigenvalue weighted by Gasteiger charge is -2.07. The molecule has 132 valence electrons. The van der Waals surface area contributed by atoms with Gasteiger partial charge in [0.2, 0.25) is 5.91 Å². The zero-order valence-electron chi connectivity index (χ0n) is 14.1. The van der Waals surface area contributed by atoms with E-state index in [1.165, 1.54) is 0 Å². The number of H-pyrrole nitrogens is 1. The molecule has 5 nitrogen and oxygen atoms in total. The maximum atomic E-state index is 12.2. The fourth-order valence-corrected chi connectivity index (χ4v) is 2.90. The van der Waals surface area contributed by atoms with Crippen LogP contribution in [-0.2, 0) is 4.79 Å². The Morgan fingerprint density at radius 2 is 1.85 bits per heavy atom. The molecule has 0 fully saturated rings. The van der Waals surface area contributed by atoms with Crippen molar-refractivity contribution in [3.8, 4) is 0 Å². The third kappa shape index (κ3) is 4.00. The van der Waals surface area contributed by atoms with E-state index in [0.29, 0.717) is 27.4 Å². The summed E-state index contributed by atoms with van der Waals surface area (Å²) >= 11 is 5.99. The molecule has 0 saturated carbocycles. The second-order valence-electron chi connectivity index (χ2n) is 6.03. The van der Waals surface area contributed by atoms with Gasteiger partial charge >= 0.3 is 0 Å². The topological polar surface area (TPSA) is 79.0 Å². The van der Waals surface area contributed by atoms with Crippen LogP contribution in [0.25, 0.3) is 10.9 Å². The van der Waals surface area contributed by atoms with Crippen molar-refractivity contribution in [3.05, 3.63) is 75.0 Å². The molecule has 0 atom stereocenters. The summed E-state index contributed by atoms with van der Waals surface area (Å²) in [5.74, 6) is -0.455.